The first-order valence-corrected chi connectivity index (χ1v) is 12.8. The largest absolute Gasteiger partial charge is 0.461 e. The summed E-state index contributed by atoms with van der Waals surface area (Å²) in [7, 11) is 0. The lowest BCUT2D eigenvalue weighted by molar-refractivity contribution is -0.292. The summed E-state index contributed by atoms with van der Waals surface area (Å²) in [4.78, 5) is 31.3. The molecular weight excluding hydrogens is 619 g/mol. The van der Waals surface area contributed by atoms with E-state index in [4.69, 9.17) is 16.3 Å². The zero-order valence-electron chi connectivity index (χ0n) is 22.2. The number of ether oxygens (including phenoxy) is 1. The van der Waals surface area contributed by atoms with Crippen molar-refractivity contribution < 1.29 is 36.3 Å². The van der Waals surface area contributed by atoms with Crippen LogP contribution in [0.1, 0.15) is 43.5 Å². The van der Waals surface area contributed by atoms with Gasteiger partial charge in [0, 0.05) is 6.20 Å². The minimum atomic E-state index is -5.95. The molecule has 0 spiro atoms. The van der Waals surface area contributed by atoms with E-state index in [1.54, 1.807) is 6.92 Å². The van der Waals surface area contributed by atoms with Crippen LogP contribution in [0.3, 0.4) is 0 Å². The smallest absolute Gasteiger partial charge is 0.377 e. The van der Waals surface area contributed by atoms with Gasteiger partial charge in [0.05, 0.1) is 52.9 Å². The molecule has 0 saturated carbocycles. The summed E-state index contributed by atoms with van der Waals surface area (Å²) >= 11 is 6.28. The van der Waals surface area contributed by atoms with E-state index in [1.807, 2.05) is 6.07 Å². The van der Waals surface area contributed by atoms with Crippen LogP contribution in [-0.4, -0.2) is 72.2 Å². The number of alkyl halides is 5. The number of hydrogen-bond donors (Lipinski definition) is 2. The molecule has 1 aliphatic heterocycles. The van der Waals surface area contributed by atoms with Crippen LogP contribution in [0.25, 0.3) is 5.82 Å². The summed E-state index contributed by atoms with van der Waals surface area (Å²) in [6, 6.07) is 8.61. The van der Waals surface area contributed by atoms with Crippen molar-refractivity contribution in [1.82, 2.24) is 40.3 Å². The number of benzene rings is 1. The Morgan fingerprint density at radius 2 is 1.91 bits per heavy atom. The van der Waals surface area contributed by atoms with Crippen molar-refractivity contribution in [2.75, 3.05) is 18.5 Å². The van der Waals surface area contributed by atoms with E-state index in [1.165, 1.54) is 36.5 Å². The van der Waals surface area contributed by atoms with E-state index >= 15 is 0 Å². The van der Waals surface area contributed by atoms with E-state index < -0.39 is 36.3 Å². The Kier molecular flexibility index (Phi) is 8.01. The van der Waals surface area contributed by atoms with E-state index in [9.17, 15) is 36.8 Å². The maximum atomic E-state index is 13.7. The first-order valence-electron chi connectivity index (χ1n) is 12.5. The highest BCUT2D eigenvalue weighted by Gasteiger charge is 2.62. The lowest BCUT2D eigenvalue weighted by atomic mass is 10.0. The number of aromatic nitrogens is 7. The van der Waals surface area contributed by atoms with Gasteiger partial charge in [-0.25, -0.2) is 9.67 Å². The van der Waals surface area contributed by atoms with E-state index in [-0.39, 0.29) is 45.1 Å². The van der Waals surface area contributed by atoms with E-state index in [2.05, 4.69) is 36.1 Å². The molecule has 1 aromatic carbocycles. The van der Waals surface area contributed by atoms with Crippen LogP contribution in [0.15, 0.2) is 36.5 Å². The van der Waals surface area contributed by atoms with Gasteiger partial charge in [0.15, 0.2) is 5.82 Å². The quantitative estimate of drug-likeness (QED) is 0.276. The van der Waals surface area contributed by atoms with Crippen LogP contribution in [0.4, 0.5) is 27.6 Å². The van der Waals surface area contributed by atoms with Crippen LogP contribution in [0.5, 0.6) is 0 Å². The highest BCUT2D eigenvalue weighted by Crippen LogP contribution is 2.41. The number of anilines is 1. The number of tetrazole rings is 1. The Labute approximate surface area is 248 Å². The fourth-order valence-corrected chi connectivity index (χ4v) is 4.23. The fourth-order valence-electron chi connectivity index (χ4n) is 4.03. The average molecular weight is 637 g/mol. The number of nitriles is 1. The number of hydrogen-bond acceptors (Lipinski definition) is 9. The second-order valence-corrected chi connectivity index (χ2v) is 9.85. The number of carbonyl (C=O) groups is 2. The molecule has 3 aromatic heterocycles. The van der Waals surface area contributed by atoms with Crippen LogP contribution in [0, 0.1) is 18.3 Å². The van der Waals surface area contributed by atoms with Crippen LogP contribution in [-0.2, 0) is 17.2 Å². The Hall–Kier alpha value is -5.02. The molecule has 228 valence electrons. The first kappa shape index (κ1) is 30.4. The molecule has 13 nitrogen and oxygen atoms in total. The molecule has 0 unspecified atom stereocenters. The van der Waals surface area contributed by atoms with Gasteiger partial charge in [-0.05, 0) is 48.0 Å². The van der Waals surface area contributed by atoms with Gasteiger partial charge in [-0.3, -0.25) is 9.59 Å². The van der Waals surface area contributed by atoms with Gasteiger partial charge in [-0.1, -0.05) is 11.6 Å². The second-order valence-electron chi connectivity index (χ2n) is 9.45. The summed E-state index contributed by atoms with van der Waals surface area (Å²) in [5.74, 6) is -8.66. The van der Waals surface area contributed by atoms with Gasteiger partial charge in [0.2, 0.25) is 0 Å². The molecule has 1 saturated heterocycles. The lowest BCUT2D eigenvalue weighted by Crippen LogP contribution is -2.48. The van der Waals surface area contributed by atoms with Crippen molar-refractivity contribution in [2.24, 2.45) is 0 Å². The number of halogens is 6. The third-order valence-corrected chi connectivity index (χ3v) is 6.54. The topological polar surface area (TPSA) is 166 Å². The first-order chi connectivity index (χ1) is 20.8. The van der Waals surface area contributed by atoms with Crippen molar-refractivity contribution in [3.63, 3.8) is 0 Å². The van der Waals surface area contributed by atoms with Crippen molar-refractivity contribution >= 4 is 29.1 Å². The van der Waals surface area contributed by atoms with Gasteiger partial charge in [-0.2, -0.15) is 37.1 Å². The Balaban J connectivity index is 1.50. The van der Waals surface area contributed by atoms with Gasteiger partial charge in [-0.15, -0.1) is 10.2 Å². The van der Waals surface area contributed by atoms with Gasteiger partial charge in [0.25, 0.3) is 17.6 Å². The molecule has 4 heterocycles. The average Bonchev–Trinajstić information content (AvgIpc) is 3.59. The van der Waals surface area contributed by atoms with Gasteiger partial charge in [0.1, 0.15) is 12.2 Å². The SMILES string of the molecule is Cc1cc(C#N)cc(C(=O)NC2COC2)c1NC(=O)c1cc(Cn2nnc(C(F)(F)C(F)(F)F)n2)nn1-c1ncccc1Cl. The third-order valence-electron chi connectivity index (χ3n) is 6.25. The highest BCUT2D eigenvalue weighted by atomic mass is 35.5. The Morgan fingerprint density at radius 1 is 1.16 bits per heavy atom. The van der Waals surface area contributed by atoms with Crippen LogP contribution >= 0.6 is 11.6 Å². The number of rotatable bonds is 8. The summed E-state index contributed by atoms with van der Waals surface area (Å²) in [6.45, 7) is 1.59. The summed E-state index contributed by atoms with van der Waals surface area (Å²) < 4.78 is 71.7. The van der Waals surface area contributed by atoms with Crippen LogP contribution in [0.2, 0.25) is 5.02 Å². The highest BCUT2D eigenvalue weighted by molar-refractivity contribution is 6.32. The molecule has 2 N–H and O–H groups in total. The second kappa shape index (κ2) is 11.6. The normalized spacial score (nSPS) is 13.7. The Bertz CT molecular complexity index is 1800. The number of nitrogens with one attached hydrogen (secondary N) is 2. The molecular formula is C25H18ClF5N10O3. The number of aryl methyl sites for hydroxylation is 1. The van der Waals surface area contributed by atoms with Crippen molar-refractivity contribution in [3.05, 3.63) is 75.5 Å². The molecule has 0 bridgehead atoms. The van der Waals surface area contributed by atoms with Crippen molar-refractivity contribution in [2.45, 2.75) is 31.6 Å². The molecule has 0 aliphatic carbocycles. The zero-order valence-corrected chi connectivity index (χ0v) is 23.0. The van der Waals surface area contributed by atoms with Gasteiger partial charge < -0.3 is 15.4 Å². The molecule has 5 rings (SSSR count). The maximum Gasteiger partial charge on any atom is 0.461 e. The summed E-state index contributed by atoms with van der Waals surface area (Å²) in [5, 5.41) is 28.3. The maximum absolute atomic E-state index is 13.7. The number of amides is 2. The number of carbonyl (C=O) groups excluding carboxylic acids is 2. The standard InChI is InChI=1S/C25H18ClF5N10O3/c1-12-5-13(8-32)6-16(21(42)34-15-10-44-11-15)19(12)35-22(43)18-7-14(37-41(18)20-17(26)3-2-4-33-20)9-40-38-23(36-39-40)24(27,28)25(29,30)31/h2-7,15H,9-11H2,1H3,(H,34,42)(H,35,43). The van der Waals surface area contributed by atoms with E-state index in [0.717, 1.165) is 4.68 Å². The predicted octanol–water partition coefficient (Wildman–Crippen LogP) is 3.17. The molecule has 0 radical (unpaired) electrons. The summed E-state index contributed by atoms with van der Waals surface area (Å²) in [6.07, 6.45) is -4.60. The molecule has 2 amide bonds. The number of nitrogens with zero attached hydrogens (tertiary/aromatic N) is 8. The predicted molar refractivity (Wildman–Crippen MR) is 139 cm³/mol. The fraction of sp³-hybridized carbons (Fsp3) is 0.280. The number of pyridine rings is 1. The molecule has 19 heteroatoms. The molecule has 1 fully saturated rings. The Morgan fingerprint density at radius 3 is 2.55 bits per heavy atom. The minimum Gasteiger partial charge on any atom is -0.377 e. The lowest BCUT2D eigenvalue weighted by Gasteiger charge is -2.27. The zero-order chi connectivity index (χ0) is 31.8. The molecule has 0 atom stereocenters. The van der Waals surface area contributed by atoms with Crippen molar-refractivity contribution in [1.29, 1.82) is 5.26 Å². The van der Waals surface area contributed by atoms with Crippen molar-refractivity contribution in [3.8, 4) is 11.9 Å². The van der Waals surface area contributed by atoms with E-state index in [0.29, 0.717) is 23.6 Å². The minimum absolute atomic E-state index is 0.00565. The van der Waals surface area contributed by atoms with Crippen LogP contribution < -0.4 is 10.6 Å². The van der Waals surface area contributed by atoms with Gasteiger partial charge >= 0.3 is 12.1 Å². The monoisotopic (exact) mass is 636 g/mol. The third kappa shape index (κ3) is 5.91. The molecule has 4 aromatic rings. The molecule has 44 heavy (non-hydrogen) atoms. The summed E-state index contributed by atoms with van der Waals surface area (Å²) in [5.41, 5.74) is 0.317. The molecule has 1 aliphatic rings.